The first-order chi connectivity index (χ1) is 13.2. The molecule has 156 valence electrons. The van der Waals surface area contributed by atoms with Crippen LogP contribution in [-0.2, 0) is 0 Å². The van der Waals surface area contributed by atoms with Gasteiger partial charge in [-0.3, -0.25) is 4.98 Å². The first-order valence-electron chi connectivity index (χ1n) is 8.57. The van der Waals surface area contributed by atoms with E-state index >= 15 is 0 Å². The average molecular weight is 461 g/mol. The number of amides is 2. The van der Waals surface area contributed by atoms with Gasteiger partial charge in [-0.25, -0.2) is 9.69 Å². The molecule has 29 heavy (non-hydrogen) atoms. The summed E-state index contributed by atoms with van der Waals surface area (Å²) in [5, 5.41) is 3.78. The Bertz CT molecular complexity index is 935. The molecule has 0 spiro atoms. The lowest BCUT2D eigenvalue weighted by molar-refractivity contribution is 0.186. The van der Waals surface area contributed by atoms with Crippen LogP contribution in [0.2, 0.25) is 5.02 Å². The molecule has 1 fully saturated rings. The molecule has 1 N–H and O–H groups in total. The van der Waals surface area contributed by atoms with Gasteiger partial charge in [0, 0.05) is 37.4 Å². The number of urea groups is 1. The third kappa shape index (κ3) is 5.42. The Morgan fingerprint density at radius 2 is 2.07 bits per heavy atom. The standard InChI is InChI=1S/C18H18ClN5O3.2ClH/c19-13-3-4-16-15(10-13)22-17(27-16)24(12-26-14-2-1-5-21-11-14)18(25)23-8-6-20-7-9-23;;/h1-5,10-11,20H,6-9,12H2;2*1H. The van der Waals surface area contributed by atoms with Crippen LogP contribution in [0.4, 0.5) is 10.8 Å². The summed E-state index contributed by atoms with van der Waals surface area (Å²) in [5.74, 6) is 0.551. The first-order valence-corrected chi connectivity index (χ1v) is 8.94. The first kappa shape index (κ1) is 23.0. The average Bonchev–Trinajstić information content (AvgIpc) is 3.12. The van der Waals surface area contributed by atoms with Crippen molar-refractivity contribution in [2.24, 2.45) is 0 Å². The highest BCUT2D eigenvalue weighted by Crippen LogP contribution is 2.25. The number of hydrogen-bond acceptors (Lipinski definition) is 6. The van der Waals surface area contributed by atoms with Gasteiger partial charge in [0.1, 0.15) is 11.3 Å². The van der Waals surface area contributed by atoms with Crippen LogP contribution in [0.1, 0.15) is 0 Å². The molecule has 3 aromatic rings. The number of aromatic nitrogens is 2. The molecular formula is C18H20Cl3N5O3. The highest BCUT2D eigenvalue weighted by molar-refractivity contribution is 6.31. The monoisotopic (exact) mass is 459 g/mol. The largest absolute Gasteiger partial charge is 0.471 e. The van der Waals surface area contributed by atoms with E-state index in [0.717, 1.165) is 13.1 Å². The highest BCUT2D eigenvalue weighted by atomic mass is 35.5. The van der Waals surface area contributed by atoms with E-state index in [-0.39, 0.29) is 43.6 Å². The van der Waals surface area contributed by atoms with Crippen LogP contribution < -0.4 is 15.0 Å². The molecule has 11 heteroatoms. The molecule has 0 radical (unpaired) electrons. The SMILES string of the molecule is Cl.Cl.O=C(N1CCNCC1)N(COc1cccnc1)c1nc2cc(Cl)ccc2o1. The van der Waals surface area contributed by atoms with Crippen LogP contribution in [-0.4, -0.2) is 53.8 Å². The summed E-state index contributed by atoms with van der Waals surface area (Å²) >= 11 is 6.02. The molecule has 1 aliphatic rings. The van der Waals surface area contributed by atoms with Crippen molar-refractivity contribution in [1.82, 2.24) is 20.2 Å². The summed E-state index contributed by atoms with van der Waals surface area (Å²) in [4.78, 5) is 24.6. The lowest BCUT2D eigenvalue weighted by atomic mass is 10.3. The summed E-state index contributed by atoms with van der Waals surface area (Å²) in [6.45, 7) is 2.65. The van der Waals surface area contributed by atoms with Crippen molar-refractivity contribution in [3.63, 3.8) is 0 Å². The van der Waals surface area contributed by atoms with E-state index in [0.29, 0.717) is 35.0 Å². The van der Waals surface area contributed by atoms with Crippen LogP contribution in [0.3, 0.4) is 0 Å². The lowest BCUT2D eigenvalue weighted by Gasteiger charge is -2.31. The van der Waals surface area contributed by atoms with Crippen LogP contribution in [0.15, 0.2) is 47.1 Å². The summed E-state index contributed by atoms with van der Waals surface area (Å²) in [7, 11) is 0. The number of oxazole rings is 1. The van der Waals surface area contributed by atoms with Crippen LogP contribution >= 0.6 is 36.4 Å². The maximum atomic E-state index is 13.1. The molecule has 1 saturated heterocycles. The van der Waals surface area contributed by atoms with Crippen molar-refractivity contribution in [2.75, 3.05) is 37.8 Å². The maximum absolute atomic E-state index is 13.1. The normalized spacial score (nSPS) is 13.3. The third-order valence-corrected chi connectivity index (χ3v) is 4.42. The van der Waals surface area contributed by atoms with Gasteiger partial charge in [0.2, 0.25) is 0 Å². The summed E-state index contributed by atoms with van der Waals surface area (Å²) in [5.41, 5.74) is 1.13. The Morgan fingerprint density at radius 3 is 2.79 bits per heavy atom. The predicted molar refractivity (Wildman–Crippen MR) is 116 cm³/mol. The van der Waals surface area contributed by atoms with Crippen LogP contribution in [0.5, 0.6) is 5.75 Å². The molecule has 2 aromatic heterocycles. The zero-order chi connectivity index (χ0) is 18.6. The molecule has 0 unspecified atom stereocenters. The summed E-state index contributed by atoms with van der Waals surface area (Å²) in [6.07, 6.45) is 3.24. The summed E-state index contributed by atoms with van der Waals surface area (Å²) < 4.78 is 11.5. The van der Waals surface area contributed by atoms with Gasteiger partial charge < -0.3 is 19.4 Å². The Hall–Kier alpha value is -2.26. The topological polar surface area (TPSA) is 83.7 Å². The number of carbonyl (C=O) groups excluding carboxylic acids is 1. The number of halogens is 3. The Kier molecular flexibility index (Phi) is 8.33. The highest BCUT2D eigenvalue weighted by Gasteiger charge is 2.28. The number of nitrogens with one attached hydrogen (secondary N) is 1. The molecule has 0 bridgehead atoms. The number of rotatable bonds is 4. The molecule has 2 amide bonds. The second kappa shape index (κ2) is 10.5. The maximum Gasteiger partial charge on any atom is 0.330 e. The predicted octanol–water partition coefficient (Wildman–Crippen LogP) is 3.59. The molecule has 8 nitrogen and oxygen atoms in total. The lowest BCUT2D eigenvalue weighted by Crippen LogP contribution is -2.52. The van der Waals surface area contributed by atoms with Gasteiger partial charge in [0.15, 0.2) is 12.3 Å². The number of fused-ring (bicyclic) bond motifs is 1. The van der Waals surface area contributed by atoms with E-state index in [1.165, 1.54) is 4.90 Å². The molecule has 1 aliphatic heterocycles. The number of hydrogen-bond donors (Lipinski definition) is 1. The van der Waals surface area contributed by atoms with Gasteiger partial charge >= 0.3 is 12.0 Å². The van der Waals surface area contributed by atoms with Crippen molar-refractivity contribution in [3.05, 3.63) is 47.7 Å². The zero-order valence-corrected chi connectivity index (χ0v) is 17.7. The number of ether oxygens (including phenoxy) is 1. The second-order valence-electron chi connectivity index (χ2n) is 6.02. The van der Waals surface area contributed by atoms with Crippen LogP contribution in [0, 0.1) is 0 Å². The Balaban J connectivity index is 0.00000150. The van der Waals surface area contributed by atoms with Gasteiger partial charge in [-0.15, -0.1) is 24.8 Å². The molecular weight excluding hydrogens is 441 g/mol. The van der Waals surface area contributed by atoms with E-state index in [1.807, 2.05) is 0 Å². The molecule has 0 aliphatic carbocycles. The second-order valence-corrected chi connectivity index (χ2v) is 6.45. The number of nitrogens with zero attached hydrogens (tertiary/aromatic N) is 4. The molecule has 1 aromatic carbocycles. The van der Waals surface area contributed by atoms with E-state index < -0.39 is 0 Å². The molecule has 0 atom stereocenters. The fraction of sp³-hybridized carbons (Fsp3) is 0.278. The van der Waals surface area contributed by atoms with Gasteiger partial charge in [-0.2, -0.15) is 4.98 Å². The quantitative estimate of drug-likeness (QED) is 0.599. The van der Waals surface area contributed by atoms with Crippen molar-refractivity contribution in [2.45, 2.75) is 0 Å². The van der Waals surface area contributed by atoms with Gasteiger partial charge in [-0.1, -0.05) is 11.6 Å². The van der Waals surface area contributed by atoms with Crippen molar-refractivity contribution in [3.8, 4) is 5.75 Å². The van der Waals surface area contributed by atoms with Crippen molar-refractivity contribution in [1.29, 1.82) is 0 Å². The van der Waals surface area contributed by atoms with E-state index in [1.54, 1.807) is 47.6 Å². The number of anilines is 1. The fourth-order valence-electron chi connectivity index (χ4n) is 2.79. The van der Waals surface area contributed by atoms with Gasteiger partial charge in [0.05, 0.1) is 6.20 Å². The molecule has 4 rings (SSSR count). The number of piperazine rings is 1. The third-order valence-electron chi connectivity index (χ3n) is 4.18. The fourth-order valence-corrected chi connectivity index (χ4v) is 2.96. The Morgan fingerprint density at radius 1 is 1.28 bits per heavy atom. The Labute approximate surface area is 185 Å². The number of carbonyl (C=O) groups is 1. The molecule has 3 heterocycles. The van der Waals surface area contributed by atoms with Crippen LogP contribution in [0.25, 0.3) is 11.1 Å². The van der Waals surface area contributed by atoms with E-state index in [9.17, 15) is 4.79 Å². The van der Waals surface area contributed by atoms with E-state index in [2.05, 4.69) is 15.3 Å². The smallest absolute Gasteiger partial charge is 0.330 e. The summed E-state index contributed by atoms with van der Waals surface area (Å²) in [6, 6.07) is 8.61. The number of benzene rings is 1. The zero-order valence-electron chi connectivity index (χ0n) is 15.3. The minimum Gasteiger partial charge on any atom is -0.471 e. The minimum atomic E-state index is -0.224. The molecule has 0 saturated carbocycles. The van der Waals surface area contributed by atoms with Gasteiger partial charge in [0.25, 0.3) is 0 Å². The van der Waals surface area contributed by atoms with E-state index in [4.69, 9.17) is 20.8 Å². The van der Waals surface area contributed by atoms with Crippen molar-refractivity contribution >= 4 is 59.6 Å². The number of pyridine rings is 1. The minimum absolute atomic E-state index is 0. The van der Waals surface area contributed by atoms with Gasteiger partial charge in [-0.05, 0) is 30.3 Å². The van der Waals surface area contributed by atoms with Crippen molar-refractivity contribution < 1.29 is 13.9 Å².